The van der Waals surface area contributed by atoms with Gasteiger partial charge in [-0.25, -0.2) is 0 Å². The summed E-state index contributed by atoms with van der Waals surface area (Å²) < 4.78 is 0. The molecule has 0 amide bonds. The SMILES string of the molecule is CN(CC(O)CO)c1ccc(N)cc1-c1cccs1. The highest BCUT2D eigenvalue weighted by atomic mass is 32.1. The molecule has 0 fully saturated rings. The van der Waals surface area contributed by atoms with Crippen LogP contribution in [0.15, 0.2) is 35.7 Å². The Morgan fingerprint density at radius 2 is 2.16 bits per heavy atom. The smallest absolute Gasteiger partial charge is 0.0945 e. The molecule has 0 spiro atoms. The van der Waals surface area contributed by atoms with Crippen molar-refractivity contribution in [2.24, 2.45) is 0 Å². The van der Waals surface area contributed by atoms with Crippen LogP contribution in [0.25, 0.3) is 10.4 Å². The van der Waals surface area contributed by atoms with Crippen molar-refractivity contribution in [1.29, 1.82) is 0 Å². The second-order valence-electron chi connectivity index (χ2n) is 4.47. The number of nitrogen functional groups attached to an aromatic ring is 1. The lowest BCUT2D eigenvalue weighted by Crippen LogP contribution is -2.31. The first-order chi connectivity index (χ1) is 9.11. The average Bonchev–Trinajstić information content (AvgIpc) is 2.92. The van der Waals surface area contributed by atoms with Crippen molar-refractivity contribution in [2.75, 3.05) is 30.8 Å². The Morgan fingerprint density at radius 1 is 1.37 bits per heavy atom. The van der Waals surface area contributed by atoms with E-state index < -0.39 is 6.10 Å². The minimum absolute atomic E-state index is 0.242. The number of likely N-dealkylation sites (N-methyl/N-ethyl adjacent to an activating group) is 1. The molecular weight excluding hydrogens is 260 g/mol. The van der Waals surface area contributed by atoms with Crippen molar-refractivity contribution in [1.82, 2.24) is 0 Å². The molecule has 0 saturated heterocycles. The molecular formula is C14H18N2O2S. The van der Waals surface area contributed by atoms with Crippen LogP contribution in [0.2, 0.25) is 0 Å². The number of benzene rings is 1. The predicted molar refractivity (Wildman–Crippen MR) is 80.5 cm³/mol. The summed E-state index contributed by atoms with van der Waals surface area (Å²) in [6.07, 6.45) is -0.751. The van der Waals surface area contributed by atoms with Crippen LogP contribution in [0.1, 0.15) is 0 Å². The van der Waals surface area contributed by atoms with Gasteiger partial charge in [-0.15, -0.1) is 11.3 Å². The lowest BCUT2D eigenvalue weighted by Gasteiger charge is -2.24. The fraction of sp³-hybridized carbons (Fsp3) is 0.286. The van der Waals surface area contributed by atoms with E-state index in [2.05, 4.69) is 0 Å². The van der Waals surface area contributed by atoms with Crippen LogP contribution in [0.4, 0.5) is 11.4 Å². The molecule has 4 nitrogen and oxygen atoms in total. The number of hydrogen-bond donors (Lipinski definition) is 3. The van der Waals surface area contributed by atoms with Gasteiger partial charge in [0, 0.05) is 35.4 Å². The van der Waals surface area contributed by atoms with E-state index in [9.17, 15) is 5.11 Å². The molecule has 4 N–H and O–H groups in total. The van der Waals surface area contributed by atoms with Crippen molar-refractivity contribution >= 4 is 22.7 Å². The summed E-state index contributed by atoms with van der Waals surface area (Å²) in [7, 11) is 1.89. The lowest BCUT2D eigenvalue weighted by molar-refractivity contribution is 0.101. The van der Waals surface area contributed by atoms with Crippen LogP contribution < -0.4 is 10.6 Å². The minimum atomic E-state index is -0.751. The first-order valence-corrected chi connectivity index (χ1v) is 6.93. The second kappa shape index (κ2) is 6.06. The van der Waals surface area contributed by atoms with E-state index in [0.29, 0.717) is 12.2 Å². The van der Waals surface area contributed by atoms with Gasteiger partial charge in [0.25, 0.3) is 0 Å². The van der Waals surface area contributed by atoms with Crippen molar-refractivity contribution in [3.8, 4) is 10.4 Å². The maximum absolute atomic E-state index is 9.55. The minimum Gasteiger partial charge on any atom is -0.399 e. The molecule has 1 aromatic heterocycles. The van der Waals surface area contributed by atoms with E-state index in [0.717, 1.165) is 16.1 Å². The highest BCUT2D eigenvalue weighted by Crippen LogP contribution is 2.35. The van der Waals surface area contributed by atoms with Crippen LogP contribution >= 0.6 is 11.3 Å². The number of thiophene rings is 1. The summed E-state index contributed by atoms with van der Waals surface area (Å²) in [6.45, 7) is 0.131. The molecule has 1 atom stereocenters. The highest BCUT2D eigenvalue weighted by Gasteiger charge is 2.13. The first-order valence-electron chi connectivity index (χ1n) is 6.05. The van der Waals surface area contributed by atoms with Gasteiger partial charge in [-0.3, -0.25) is 0 Å². The Morgan fingerprint density at radius 3 is 2.79 bits per heavy atom. The molecule has 0 bridgehead atoms. The van der Waals surface area contributed by atoms with Gasteiger partial charge in [-0.2, -0.15) is 0 Å². The molecule has 19 heavy (non-hydrogen) atoms. The quantitative estimate of drug-likeness (QED) is 0.729. The van der Waals surface area contributed by atoms with Gasteiger partial charge >= 0.3 is 0 Å². The van der Waals surface area contributed by atoms with Gasteiger partial charge in [-0.1, -0.05) is 6.07 Å². The monoisotopic (exact) mass is 278 g/mol. The standard InChI is InChI=1S/C14H18N2O2S/c1-16(8-11(18)9-17)13-5-4-10(15)7-12(13)14-3-2-6-19-14/h2-7,11,17-18H,8-9,15H2,1H3. The maximum Gasteiger partial charge on any atom is 0.0945 e. The zero-order valence-electron chi connectivity index (χ0n) is 10.8. The fourth-order valence-corrected chi connectivity index (χ4v) is 2.74. The summed E-state index contributed by atoms with van der Waals surface area (Å²) in [4.78, 5) is 3.06. The van der Waals surface area contributed by atoms with Crippen molar-refractivity contribution < 1.29 is 10.2 Å². The van der Waals surface area contributed by atoms with E-state index >= 15 is 0 Å². The maximum atomic E-state index is 9.55. The number of rotatable bonds is 5. The molecule has 0 radical (unpaired) electrons. The summed E-state index contributed by atoms with van der Waals surface area (Å²) >= 11 is 1.65. The lowest BCUT2D eigenvalue weighted by atomic mass is 10.1. The summed E-state index contributed by atoms with van der Waals surface area (Å²) in [5, 5.41) is 20.5. The molecule has 102 valence electrons. The van der Waals surface area contributed by atoms with Crippen molar-refractivity contribution in [3.05, 3.63) is 35.7 Å². The number of nitrogens with zero attached hydrogens (tertiary/aromatic N) is 1. The van der Waals surface area contributed by atoms with Gasteiger partial charge in [0.05, 0.1) is 12.7 Å². The number of aliphatic hydroxyl groups is 2. The second-order valence-corrected chi connectivity index (χ2v) is 5.42. The number of anilines is 2. The Bertz CT molecular complexity index is 528. The van der Waals surface area contributed by atoms with Gasteiger partial charge in [0.15, 0.2) is 0 Å². The molecule has 1 aromatic carbocycles. The summed E-state index contributed by atoms with van der Waals surface area (Å²) in [5.41, 5.74) is 8.60. The Balaban J connectivity index is 2.34. The van der Waals surface area contributed by atoms with Crippen LogP contribution in [-0.2, 0) is 0 Å². The Labute approximate surface area is 116 Å². The molecule has 0 saturated carbocycles. The topological polar surface area (TPSA) is 69.7 Å². The third-order valence-corrected chi connectivity index (χ3v) is 3.82. The van der Waals surface area contributed by atoms with Gasteiger partial charge in [-0.05, 0) is 29.6 Å². The zero-order chi connectivity index (χ0) is 13.8. The van der Waals surface area contributed by atoms with E-state index in [1.165, 1.54) is 0 Å². The number of nitrogens with two attached hydrogens (primary N) is 1. The van der Waals surface area contributed by atoms with E-state index in [-0.39, 0.29) is 6.61 Å². The molecule has 5 heteroatoms. The third kappa shape index (κ3) is 3.26. The molecule has 1 heterocycles. The van der Waals surface area contributed by atoms with Crippen LogP contribution in [0.5, 0.6) is 0 Å². The Kier molecular flexibility index (Phi) is 4.42. The molecule has 0 aliphatic rings. The van der Waals surface area contributed by atoms with Crippen LogP contribution in [-0.4, -0.2) is 36.5 Å². The van der Waals surface area contributed by atoms with Gasteiger partial charge in [0.1, 0.15) is 0 Å². The van der Waals surface area contributed by atoms with E-state index in [4.69, 9.17) is 10.8 Å². The molecule has 1 unspecified atom stereocenters. The Hall–Kier alpha value is -1.56. The number of hydrogen-bond acceptors (Lipinski definition) is 5. The highest BCUT2D eigenvalue weighted by molar-refractivity contribution is 7.13. The largest absolute Gasteiger partial charge is 0.399 e. The van der Waals surface area contributed by atoms with Crippen molar-refractivity contribution in [3.63, 3.8) is 0 Å². The van der Waals surface area contributed by atoms with Crippen LogP contribution in [0, 0.1) is 0 Å². The summed E-state index contributed by atoms with van der Waals surface area (Å²) in [5.74, 6) is 0. The molecule has 2 rings (SSSR count). The molecule has 0 aliphatic carbocycles. The van der Waals surface area contributed by atoms with E-state index in [1.807, 2.05) is 47.7 Å². The van der Waals surface area contributed by atoms with Gasteiger partial charge < -0.3 is 20.8 Å². The first kappa shape index (κ1) is 13.9. The predicted octanol–water partition coefficient (Wildman–Crippen LogP) is 1.79. The normalized spacial score (nSPS) is 12.4. The average molecular weight is 278 g/mol. The number of aliphatic hydroxyl groups excluding tert-OH is 2. The summed E-state index contributed by atoms with van der Waals surface area (Å²) in [6, 6.07) is 9.75. The molecule has 2 aromatic rings. The zero-order valence-corrected chi connectivity index (χ0v) is 11.6. The third-order valence-electron chi connectivity index (χ3n) is 2.91. The van der Waals surface area contributed by atoms with E-state index in [1.54, 1.807) is 11.3 Å². The van der Waals surface area contributed by atoms with Crippen LogP contribution in [0.3, 0.4) is 0 Å². The van der Waals surface area contributed by atoms with Crippen molar-refractivity contribution in [2.45, 2.75) is 6.10 Å². The van der Waals surface area contributed by atoms with Gasteiger partial charge in [0.2, 0.25) is 0 Å². The molecule has 0 aliphatic heterocycles. The fourth-order valence-electron chi connectivity index (χ4n) is 1.99.